The molecule has 0 radical (unpaired) electrons. The maximum Gasteiger partial charge on any atom is 0.266 e. The second-order valence-corrected chi connectivity index (χ2v) is 7.40. The maximum atomic E-state index is 12.1. The zero-order chi connectivity index (χ0) is 17.8. The van der Waals surface area contributed by atoms with E-state index in [1.165, 1.54) is 4.88 Å². The second-order valence-electron chi connectivity index (χ2n) is 6.23. The Morgan fingerprint density at radius 2 is 2.00 bits per heavy atom. The van der Waals surface area contributed by atoms with Crippen LogP contribution in [0.4, 0.5) is 0 Å². The standard InChI is InChI=1S/C18H21N5O2S/c24-18-4-2-16(20-23(18)8-7-21-9-11-25-12-10-21)17-3-1-15(26-17)13-22-6-5-19-14-22/h1-6,14H,7-13H2. The number of imidazole rings is 1. The van der Waals surface area contributed by atoms with Crippen LogP contribution >= 0.6 is 11.3 Å². The van der Waals surface area contributed by atoms with E-state index in [9.17, 15) is 4.79 Å². The molecule has 136 valence electrons. The van der Waals surface area contributed by atoms with Gasteiger partial charge in [0.15, 0.2) is 0 Å². The van der Waals surface area contributed by atoms with Gasteiger partial charge in [0.25, 0.3) is 5.56 Å². The van der Waals surface area contributed by atoms with Crippen LogP contribution in [0.2, 0.25) is 0 Å². The zero-order valence-corrected chi connectivity index (χ0v) is 15.3. The van der Waals surface area contributed by atoms with Crippen molar-refractivity contribution >= 4 is 11.3 Å². The van der Waals surface area contributed by atoms with Gasteiger partial charge in [0.2, 0.25) is 0 Å². The van der Waals surface area contributed by atoms with Gasteiger partial charge < -0.3 is 9.30 Å². The third kappa shape index (κ3) is 4.09. The molecule has 26 heavy (non-hydrogen) atoms. The van der Waals surface area contributed by atoms with Crippen LogP contribution in [0.1, 0.15) is 4.88 Å². The van der Waals surface area contributed by atoms with Gasteiger partial charge in [-0.3, -0.25) is 9.69 Å². The van der Waals surface area contributed by atoms with E-state index in [-0.39, 0.29) is 5.56 Å². The Morgan fingerprint density at radius 1 is 1.12 bits per heavy atom. The average Bonchev–Trinajstić information content (AvgIpc) is 3.35. The molecule has 0 atom stereocenters. The molecule has 0 aliphatic carbocycles. The lowest BCUT2D eigenvalue weighted by molar-refractivity contribution is 0.0358. The van der Waals surface area contributed by atoms with Crippen molar-refractivity contribution < 1.29 is 4.74 Å². The quantitative estimate of drug-likeness (QED) is 0.658. The summed E-state index contributed by atoms with van der Waals surface area (Å²) >= 11 is 1.69. The first-order chi connectivity index (χ1) is 12.8. The molecule has 0 amide bonds. The highest BCUT2D eigenvalue weighted by molar-refractivity contribution is 7.15. The Morgan fingerprint density at radius 3 is 2.81 bits per heavy atom. The molecule has 0 spiro atoms. The van der Waals surface area contributed by atoms with Crippen molar-refractivity contribution in [3.05, 3.63) is 58.2 Å². The number of ether oxygens (including phenoxy) is 1. The summed E-state index contributed by atoms with van der Waals surface area (Å²) in [4.78, 5) is 20.8. The van der Waals surface area contributed by atoms with Crippen LogP contribution in [0, 0.1) is 0 Å². The van der Waals surface area contributed by atoms with Gasteiger partial charge in [-0.2, -0.15) is 5.10 Å². The predicted molar refractivity (Wildman–Crippen MR) is 100 cm³/mol. The van der Waals surface area contributed by atoms with E-state index in [4.69, 9.17) is 4.74 Å². The van der Waals surface area contributed by atoms with E-state index < -0.39 is 0 Å². The molecule has 0 saturated carbocycles. The van der Waals surface area contributed by atoms with Crippen LogP contribution in [0.15, 0.2) is 47.8 Å². The molecule has 1 saturated heterocycles. The SMILES string of the molecule is O=c1ccc(-c2ccc(Cn3ccnc3)s2)nn1CCN1CCOCC1. The minimum Gasteiger partial charge on any atom is -0.379 e. The molecule has 7 nitrogen and oxygen atoms in total. The predicted octanol–water partition coefficient (Wildman–Crippen LogP) is 1.55. The largest absolute Gasteiger partial charge is 0.379 e. The molecule has 3 aromatic rings. The normalized spacial score (nSPS) is 15.4. The topological polar surface area (TPSA) is 65.2 Å². The number of hydrogen-bond acceptors (Lipinski definition) is 6. The Kier molecular flexibility index (Phi) is 5.24. The molecule has 0 aromatic carbocycles. The fraction of sp³-hybridized carbons (Fsp3) is 0.389. The van der Waals surface area contributed by atoms with Crippen molar-refractivity contribution in [1.29, 1.82) is 0 Å². The van der Waals surface area contributed by atoms with Crippen LogP contribution in [-0.2, 0) is 17.8 Å². The number of aromatic nitrogens is 4. The fourth-order valence-electron chi connectivity index (χ4n) is 2.96. The highest BCUT2D eigenvalue weighted by Crippen LogP contribution is 2.26. The molecule has 0 unspecified atom stereocenters. The van der Waals surface area contributed by atoms with E-state index in [0.717, 1.165) is 50.0 Å². The van der Waals surface area contributed by atoms with E-state index in [1.807, 2.05) is 17.1 Å². The summed E-state index contributed by atoms with van der Waals surface area (Å²) in [5.41, 5.74) is 0.783. The number of morpholine rings is 1. The molecule has 0 N–H and O–H groups in total. The Labute approximate surface area is 155 Å². The van der Waals surface area contributed by atoms with Gasteiger partial charge in [0, 0.05) is 43.0 Å². The highest BCUT2D eigenvalue weighted by atomic mass is 32.1. The van der Waals surface area contributed by atoms with Crippen LogP contribution in [0.3, 0.4) is 0 Å². The van der Waals surface area contributed by atoms with Gasteiger partial charge in [-0.15, -0.1) is 11.3 Å². The summed E-state index contributed by atoms with van der Waals surface area (Å²) in [5, 5.41) is 4.57. The second kappa shape index (κ2) is 7.94. The number of hydrogen-bond donors (Lipinski definition) is 0. The molecule has 1 aliphatic rings. The van der Waals surface area contributed by atoms with Gasteiger partial charge in [-0.05, 0) is 18.2 Å². The summed E-state index contributed by atoms with van der Waals surface area (Å²) < 4.78 is 8.97. The van der Waals surface area contributed by atoms with Crippen LogP contribution in [0.25, 0.3) is 10.6 Å². The van der Waals surface area contributed by atoms with Gasteiger partial charge >= 0.3 is 0 Å². The van der Waals surface area contributed by atoms with Crippen molar-refractivity contribution in [2.45, 2.75) is 13.1 Å². The first-order valence-corrected chi connectivity index (χ1v) is 9.53. The average molecular weight is 371 g/mol. The molecule has 0 bridgehead atoms. The monoisotopic (exact) mass is 371 g/mol. The van der Waals surface area contributed by atoms with Gasteiger partial charge in [-0.25, -0.2) is 9.67 Å². The lowest BCUT2D eigenvalue weighted by Crippen LogP contribution is -2.39. The van der Waals surface area contributed by atoms with Crippen molar-refractivity contribution in [2.75, 3.05) is 32.8 Å². The smallest absolute Gasteiger partial charge is 0.266 e. The summed E-state index contributed by atoms with van der Waals surface area (Å²) in [6, 6.07) is 7.58. The van der Waals surface area contributed by atoms with Crippen LogP contribution < -0.4 is 5.56 Å². The van der Waals surface area contributed by atoms with E-state index in [2.05, 4.69) is 27.1 Å². The third-order valence-electron chi connectivity index (χ3n) is 4.41. The minimum absolute atomic E-state index is 0.0581. The molecule has 8 heteroatoms. The molecule has 1 aliphatic heterocycles. The summed E-state index contributed by atoms with van der Waals surface area (Å²) in [5.74, 6) is 0. The Balaban J connectivity index is 1.46. The maximum absolute atomic E-state index is 12.1. The van der Waals surface area contributed by atoms with Crippen molar-refractivity contribution in [3.63, 3.8) is 0 Å². The third-order valence-corrected chi connectivity index (χ3v) is 5.50. The number of nitrogens with zero attached hydrogens (tertiary/aromatic N) is 5. The Bertz CT molecular complexity index is 896. The first kappa shape index (κ1) is 17.1. The van der Waals surface area contributed by atoms with Gasteiger partial charge in [0.1, 0.15) is 5.69 Å². The van der Waals surface area contributed by atoms with Crippen molar-refractivity contribution in [3.8, 4) is 10.6 Å². The van der Waals surface area contributed by atoms with Crippen LogP contribution in [-0.4, -0.2) is 57.1 Å². The van der Waals surface area contributed by atoms with Crippen molar-refractivity contribution in [2.24, 2.45) is 0 Å². The molecule has 4 heterocycles. The molecule has 1 fully saturated rings. The molecular weight excluding hydrogens is 350 g/mol. The van der Waals surface area contributed by atoms with Gasteiger partial charge in [0.05, 0.1) is 37.5 Å². The molecule has 3 aromatic heterocycles. The van der Waals surface area contributed by atoms with Gasteiger partial charge in [-0.1, -0.05) is 0 Å². The minimum atomic E-state index is -0.0581. The number of thiophene rings is 1. The van der Waals surface area contributed by atoms with Crippen molar-refractivity contribution in [1.82, 2.24) is 24.2 Å². The zero-order valence-electron chi connectivity index (χ0n) is 14.5. The highest BCUT2D eigenvalue weighted by Gasteiger charge is 2.12. The molecular formula is C18H21N5O2S. The first-order valence-electron chi connectivity index (χ1n) is 8.71. The number of rotatable bonds is 6. The lowest BCUT2D eigenvalue weighted by Gasteiger charge is -2.26. The van der Waals surface area contributed by atoms with E-state index in [0.29, 0.717) is 6.54 Å². The van der Waals surface area contributed by atoms with Crippen LogP contribution in [0.5, 0.6) is 0 Å². The summed E-state index contributed by atoms with van der Waals surface area (Å²) in [6.45, 7) is 5.56. The van der Waals surface area contributed by atoms with E-state index >= 15 is 0 Å². The Hall–Kier alpha value is -2.29. The fourth-order valence-corrected chi connectivity index (χ4v) is 3.94. The lowest BCUT2D eigenvalue weighted by atomic mass is 10.3. The summed E-state index contributed by atoms with van der Waals surface area (Å²) in [6.07, 6.45) is 5.54. The van der Waals surface area contributed by atoms with E-state index in [1.54, 1.807) is 34.3 Å². The summed E-state index contributed by atoms with van der Waals surface area (Å²) in [7, 11) is 0. The molecule has 4 rings (SSSR count).